The summed E-state index contributed by atoms with van der Waals surface area (Å²) in [5.74, 6) is 0. The topological polar surface area (TPSA) is 78.9 Å². The van der Waals surface area contributed by atoms with Crippen molar-refractivity contribution >= 4 is 21.4 Å². The number of fused-ring (bicyclic) bond motifs is 2. The van der Waals surface area contributed by atoms with Crippen LogP contribution in [-0.4, -0.2) is 44.9 Å². The van der Waals surface area contributed by atoms with Crippen LogP contribution in [0.1, 0.15) is 95.6 Å². The predicted molar refractivity (Wildman–Crippen MR) is 194 cm³/mol. The molecule has 3 aromatic rings. The number of anilines is 2. The Labute approximate surface area is 302 Å². The van der Waals surface area contributed by atoms with E-state index in [0.717, 1.165) is 24.2 Å². The SMILES string of the molecule is CC.CC.CC.CC.CC.CC.O=S(=O)(NC1COCC(N2c3ccccc3CCc3ccccc32)C1O)c1ccccc1.[3HH].[U]. The van der Waals surface area contributed by atoms with E-state index in [1.54, 1.807) is 18.2 Å². The van der Waals surface area contributed by atoms with Crippen molar-refractivity contribution in [3.63, 3.8) is 0 Å². The maximum atomic E-state index is 12.9. The Balaban J connectivity index is -0.000000569. The van der Waals surface area contributed by atoms with Gasteiger partial charge in [0.25, 0.3) is 0 Å². The summed E-state index contributed by atoms with van der Waals surface area (Å²) in [7, 11) is -3.78. The Morgan fingerprint density at radius 2 is 1.07 bits per heavy atom. The van der Waals surface area contributed by atoms with Crippen LogP contribution in [0.5, 0.6) is 0 Å². The fourth-order valence-corrected chi connectivity index (χ4v) is 5.91. The zero-order chi connectivity index (χ0) is 34.1. The van der Waals surface area contributed by atoms with Gasteiger partial charge < -0.3 is 14.7 Å². The van der Waals surface area contributed by atoms with Crippen LogP contribution in [0, 0.1) is 31.1 Å². The zero-order valence-corrected chi connectivity index (χ0v) is 35.1. The molecule has 0 bridgehead atoms. The molecule has 45 heavy (non-hydrogen) atoms. The first-order valence-corrected chi connectivity index (χ1v) is 18.3. The molecule has 0 saturated carbocycles. The number of nitrogens with one attached hydrogen (secondary N) is 1. The third kappa shape index (κ3) is 13.9. The summed E-state index contributed by atoms with van der Waals surface area (Å²) < 4.78 is 34.3. The number of aryl methyl sites for hydroxylation is 2. The largest absolute Gasteiger partial charge is 0.389 e. The van der Waals surface area contributed by atoms with Crippen molar-refractivity contribution in [2.75, 3.05) is 18.1 Å². The maximum absolute atomic E-state index is 12.9. The predicted octanol–water partition coefficient (Wildman–Crippen LogP) is 9.43. The molecule has 0 amide bonds. The van der Waals surface area contributed by atoms with Crippen molar-refractivity contribution in [2.45, 2.75) is 119 Å². The number of sulfonamides is 1. The normalized spacial score (nSPS) is 17.3. The van der Waals surface area contributed by atoms with E-state index in [0.29, 0.717) is 6.61 Å². The van der Waals surface area contributed by atoms with Crippen LogP contribution >= 0.6 is 0 Å². The van der Waals surface area contributed by atoms with Gasteiger partial charge >= 0.3 is 0 Å². The van der Waals surface area contributed by atoms with E-state index in [2.05, 4.69) is 33.9 Å². The minimum atomic E-state index is -3.78. The second kappa shape index (κ2) is 28.6. The van der Waals surface area contributed by atoms with Crippen molar-refractivity contribution in [3.05, 3.63) is 90.0 Å². The minimum Gasteiger partial charge on any atom is -0.389 e. The van der Waals surface area contributed by atoms with Gasteiger partial charge in [0.2, 0.25) is 10.0 Å². The molecule has 0 aliphatic carbocycles. The van der Waals surface area contributed by atoms with Crippen molar-refractivity contribution in [1.29, 1.82) is 0 Å². The number of hydrogen-bond donors (Lipinski definition) is 2. The van der Waals surface area contributed by atoms with E-state index in [9.17, 15) is 13.5 Å². The van der Waals surface area contributed by atoms with Crippen LogP contribution in [0.25, 0.3) is 0 Å². The molecule has 2 aliphatic heterocycles. The molecule has 2 aliphatic rings. The molecule has 2 N–H and O–H groups in total. The summed E-state index contributed by atoms with van der Waals surface area (Å²) in [5.41, 5.74) is 4.44. The number of hydrogen-bond acceptors (Lipinski definition) is 5. The second-order valence-corrected chi connectivity index (χ2v) is 9.98. The Morgan fingerprint density at radius 3 is 1.51 bits per heavy atom. The van der Waals surface area contributed by atoms with Gasteiger partial charge in [-0.1, -0.05) is 138 Å². The molecule has 1 fully saturated rings. The number of benzene rings is 3. The quantitative estimate of drug-likeness (QED) is 0.273. The fourth-order valence-electron chi connectivity index (χ4n) is 4.65. The average molecular weight is 873 g/mol. The van der Waals surface area contributed by atoms with Gasteiger partial charge in [-0.3, -0.25) is 0 Å². The Kier molecular flexibility index (Phi) is 30.3. The molecule has 3 atom stereocenters. The van der Waals surface area contributed by atoms with Gasteiger partial charge in [-0.2, -0.15) is 0 Å². The number of aliphatic hydroxyl groups excluding tert-OH is 1. The van der Waals surface area contributed by atoms with Crippen LogP contribution in [0.3, 0.4) is 0 Å². The van der Waals surface area contributed by atoms with E-state index >= 15 is 0 Å². The van der Waals surface area contributed by atoms with Crippen LogP contribution < -0.4 is 9.62 Å². The van der Waals surface area contributed by atoms with Crippen molar-refractivity contribution in [1.82, 2.24) is 4.72 Å². The number of ether oxygens (including phenoxy) is 1. The molecule has 3 aromatic carbocycles. The van der Waals surface area contributed by atoms with E-state index < -0.39 is 28.2 Å². The van der Waals surface area contributed by atoms with Crippen LogP contribution in [0.4, 0.5) is 11.4 Å². The molecule has 2 heterocycles. The molecule has 3 unspecified atom stereocenters. The maximum Gasteiger partial charge on any atom is 0.240 e. The van der Waals surface area contributed by atoms with Gasteiger partial charge in [0.1, 0.15) is 0 Å². The van der Waals surface area contributed by atoms with Crippen molar-refractivity contribution in [3.8, 4) is 0 Å². The van der Waals surface area contributed by atoms with Gasteiger partial charge in [0.15, 0.2) is 0 Å². The third-order valence-corrected chi connectivity index (χ3v) is 7.76. The number of nitrogens with zero attached hydrogens (tertiary/aromatic N) is 1. The molecule has 0 aromatic heterocycles. The summed E-state index contributed by atoms with van der Waals surface area (Å²) in [6, 6.07) is 23.4. The number of rotatable bonds is 4. The summed E-state index contributed by atoms with van der Waals surface area (Å²) >= 11 is 0. The molecule has 1 saturated heterocycles. The van der Waals surface area contributed by atoms with Crippen LogP contribution in [0.15, 0.2) is 83.8 Å². The molecule has 6 nitrogen and oxygen atoms in total. The number of para-hydroxylation sites is 2. The molecule has 8 heteroatoms. The molecular weight excluding hydrogens is 807 g/mol. The summed E-state index contributed by atoms with van der Waals surface area (Å²) in [6.07, 6.45) is 0.843. The molecular formula is C37H64N2O4SU. The van der Waals surface area contributed by atoms with Gasteiger partial charge in [-0.05, 0) is 48.2 Å². The summed E-state index contributed by atoms with van der Waals surface area (Å²) in [6.45, 7) is 24.4. The molecule has 5 rings (SSSR count). The van der Waals surface area contributed by atoms with Crippen molar-refractivity contribution < 1.29 is 50.8 Å². The van der Waals surface area contributed by atoms with E-state index in [1.807, 2.05) is 107 Å². The van der Waals surface area contributed by atoms with E-state index in [4.69, 9.17) is 4.74 Å². The number of aliphatic hydroxyl groups is 1. The van der Waals surface area contributed by atoms with Gasteiger partial charge in [-0.15, -0.1) is 0 Å². The van der Waals surface area contributed by atoms with Gasteiger partial charge in [-0.25, -0.2) is 13.1 Å². The smallest absolute Gasteiger partial charge is 0.240 e. The van der Waals surface area contributed by atoms with Crippen LogP contribution in [0.2, 0.25) is 0 Å². The molecule has 256 valence electrons. The Bertz CT molecular complexity index is 1170. The van der Waals surface area contributed by atoms with E-state index in [1.165, 1.54) is 23.3 Å². The summed E-state index contributed by atoms with van der Waals surface area (Å²) in [5, 5.41) is 11.4. The Hall–Kier alpha value is -1.66. The second-order valence-electron chi connectivity index (χ2n) is 8.26. The van der Waals surface area contributed by atoms with Gasteiger partial charge in [0.05, 0.1) is 36.3 Å². The molecule has 0 radical (unpaired) electrons. The first-order chi connectivity index (χ1) is 21.5. The standard InChI is InChI=1S/C25H26N2O4S.6C2H6.U.H2/c28-25-21(26-32(29,30)20-10-2-1-3-11-20)16-31-17-24(25)27-22-12-6-4-8-18(22)14-15-19-9-5-7-13-23(19)27;6*1-2;;/h1-13,21,24-26,28H,14-17H2;6*1-2H3;;1H/i;;;;;;;;1+2. The van der Waals surface area contributed by atoms with E-state index in [-0.39, 0.29) is 44.0 Å². The summed E-state index contributed by atoms with van der Waals surface area (Å²) in [4.78, 5) is 2.30. The average Bonchev–Trinajstić information content (AvgIpc) is 3.28. The minimum absolute atomic E-state index is 0. The first-order valence-electron chi connectivity index (χ1n) is 16.8. The monoisotopic (exact) mass is 873 g/mol. The third-order valence-electron chi connectivity index (χ3n) is 6.25. The first kappa shape index (κ1) is 47.7. The van der Waals surface area contributed by atoms with Crippen molar-refractivity contribution in [2.24, 2.45) is 0 Å². The van der Waals surface area contributed by atoms with Crippen LogP contribution in [-0.2, 0) is 27.6 Å². The van der Waals surface area contributed by atoms with Gasteiger partial charge in [0, 0.05) is 43.9 Å². The Morgan fingerprint density at radius 1 is 0.667 bits per heavy atom. The fraction of sp³-hybridized carbons (Fsp3) is 0.514. The molecule has 0 spiro atoms. The zero-order valence-electron chi connectivity index (χ0n) is 30.1.